The minimum Gasteiger partial charge on any atom is -0.405 e. The van der Waals surface area contributed by atoms with E-state index < -0.39 is 18.2 Å². The summed E-state index contributed by atoms with van der Waals surface area (Å²) in [5, 5.41) is 25.6. The largest absolute Gasteiger partial charge is 0.573 e. The van der Waals surface area contributed by atoms with Gasteiger partial charge in [-0.15, -0.1) is 13.2 Å². The molecule has 0 amide bonds. The third-order valence-corrected chi connectivity index (χ3v) is 7.72. The van der Waals surface area contributed by atoms with Crippen LogP contribution in [0.2, 0.25) is 0 Å². The summed E-state index contributed by atoms with van der Waals surface area (Å²) >= 11 is 0. The van der Waals surface area contributed by atoms with Crippen LogP contribution in [0.1, 0.15) is 42.9 Å². The number of rotatable bonds is 7. The van der Waals surface area contributed by atoms with Gasteiger partial charge in [0.05, 0.1) is 41.1 Å². The van der Waals surface area contributed by atoms with Crippen LogP contribution in [-0.2, 0) is 18.3 Å². The Hall–Kier alpha value is -3.88. The third-order valence-electron chi connectivity index (χ3n) is 7.72. The number of nitriles is 1. The Labute approximate surface area is 228 Å². The zero-order valence-corrected chi connectivity index (χ0v) is 21.9. The van der Waals surface area contributed by atoms with Crippen LogP contribution in [0.25, 0.3) is 33.5 Å². The van der Waals surface area contributed by atoms with Crippen molar-refractivity contribution in [1.29, 1.82) is 5.26 Å². The second kappa shape index (κ2) is 10.3. The lowest BCUT2D eigenvalue weighted by molar-refractivity contribution is -0.274. The van der Waals surface area contributed by atoms with E-state index in [-0.39, 0.29) is 23.0 Å². The maximum atomic E-state index is 13.3. The Kier molecular flexibility index (Phi) is 6.76. The zero-order valence-electron chi connectivity index (χ0n) is 21.9. The van der Waals surface area contributed by atoms with Gasteiger partial charge in [0.15, 0.2) is 0 Å². The SMILES string of the molecule is Cn1c(-c2ccc(C#N)cc2OC(F)(F)F)nc(-c2cccc3nn(C[C@H](O)C4CCOCC4)cc23)c1C1CC1. The minimum absolute atomic E-state index is 0.0555. The topological polar surface area (TPSA) is 98.1 Å². The number of benzene rings is 2. The fourth-order valence-electron chi connectivity index (χ4n) is 5.59. The van der Waals surface area contributed by atoms with Crippen molar-refractivity contribution in [3.63, 3.8) is 0 Å². The number of fused-ring (bicyclic) bond motifs is 1. The van der Waals surface area contributed by atoms with Gasteiger partial charge in [-0.3, -0.25) is 4.68 Å². The Morgan fingerprint density at radius 3 is 2.62 bits per heavy atom. The van der Waals surface area contributed by atoms with Crippen molar-refractivity contribution in [3.8, 4) is 34.5 Å². The lowest BCUT2D eigenvalue weighted by Crippen LogP contribution is -2.30. The van der Waals surface area contributed by atoms with Crippen molar-refractivity contribution >= 4 is 10.9 Å². The molecule has 2 aromatic heterocycles. The van der Waals surface area contributed by atoms with Crippen LogP contribution in [0, 0.1) is 17.2 Å². The number of hydrogen-bond donors (Lipinski definition) is 1. The smallest absolute Gasteiger partial charge is 0.405 e. The molecule has 1 aliphatic heterocycles. The molecule has 1 aliphatic carbocycles. The van der Waals surface area contributed by atoms with Gasteiger partial charge in [-0.2, -0.15) is 10.4 Å². The number of ether oxygens (including phenoxy) is 2. The number of aliphatic hydroxyl groups is 1. The molecule has 2 fully saturated rings. The van der Waals surface area contributed by atoms with Crippen molar-refractivity contribution in [2.45, 2.75) is 50.6 Å². The van der Waals surface area contributed by atoms with Crippen LogP contribution in [0.3, 0.4) is 0 Å². The van der Waals surface area contributed by atoms with Crippen LogP contribution in [0.15, 0.2) is 42.6 Å². The molecule has 1 saturated carbocycles. The van der Waals surface area contributed by atoms with Crippen molar-refractivity contribution in [2.24, 2.45) is 13.0 Å². The molecule has 2 aromatic carbocycles. The van der Waals surface area contributed by atoms with Crippen LogP contribution in [0.4, 0.5) is 13.2 Å². The average molecular weight is 552 g/mol. The lowest BCUT2D eigenvalue weighted by Gasteiger charge is -2.26. The first-order valence-electron chi connectivity index (χ1n) is 13.3. The van der Waals surface area contributed by atoms with Crippen LogP contribution in [0.5, 0.6) is 5.75 Å². The van der Waals surface area contributed by atoms with E-state index in [0.717, 1.165) is 53.9 Å². The molecule has 4 aromatic rings. The molecule has 0 spiro atoms. The van der Waals surface area contributed by atoms with Crippen molar-refractivity contribution in [3.05, 3.63) is 53.9 Å². The maximum Gasteiger partial charge on any atom is 0.573 e. The quantitative estimate of drug-likeness (QED) is 0.324. The number of aliphatic hydroxyl groups excluding tert-OH is 1. The summed E-state index contributed by atoms with van der Waals surface area (Å²) < 4.78 is 53.2. The normalized spacial score (nSPS) is 17.2. The maximum absolute atomic E-state index is 13.3. The highest BCUT2D eigenvalue weighted by atomic mass is 19.4. The predicted octanol–water partition coefficient (Wildman–Crippen LogP) is 5.54. The van der Waals surface area contributed by atoms with Gasteiger partial charge < -0.3 is 19.1 Å². The summed E-state index contributed by atoms with van der Waals surface area (Å²) in [5.74, 6) is 0.231. The first kappa shape index (κ1) is 26.3. The molecule has 40 heavy (non-hydrogen) atoms. The number of halogens is 3. The van der Waals surface area contributed by atoms with E-state index in [1.165, 1.54) is 12.1 Å². The van der Waals surface area contributed by atoms with E-state index in [0.29, 0.717) is 31.3 Å². The molecule has 2 aliphatic rings. The van der Waals surface area contributed by atoms with E-state index in [2.05, 4.69) is 4.74 Å². The average Bonchev–Trinajstić information content (AvgIpc) is 3.59. The summed E-state index contributed by atoms with van der Waals surface area (Å²) in [6.07, 6.45) is -0.0403. The molecule has 1 atom stereocenters. The number of aromatic nitrogens is 4. The third kappa shape index (κ3) is 5.17. The van der Waals surface area contributed by atoms with E-state index in [9.17, 15) is 23.5 Å². The lowest BCUT2D eigenvalue weighted by atomic mass is 9.94. The molecule has 0 radical (unpaired) electrons. The van der Waals surface area contributed by atoms with Gasteiger partial charge in [-0.25, -0.2) is 4.98 Å². The first-order chi connectivity index (χ1) is 19.2. The Bertz CT molecular complexity index is 1590. The van der Waals surface area contributed by atoms with E-state index in [1.807, 2.05) is 35.0 Å². The fourth-order valence-corrected chi connectivity index (χ4v) is 5.59. The second-order valence-electron chi connectivity index (χ2n) is 10.5. The van der Waals surface area contributed by atoms with Crippen LogP contribution >= 0.6 is 0 Å². The molecule has 0 bridgehead atoms. The Balaban J connectivity index is 1.42. The second-order valence-corrected chi connectivity index (χ2v) is 10.5. The highest BCUT2D eigenvalue weighted by molar-refractivity contribution is 5.94. The van der Waals surface area contributed by atoms with E-state index >= 15 is 0 Å². The van der Waals surface area contributed by atoms with Crippen molar-refractivity contribution in [1.82, 2.24) is 19.3 Å². The summed E-state index contributed by atoms with van der Waals surface area (Å²) in [6.45, 7) is 1.65. The number of alkyl halides is 3. The molecule has 0 unspecified atom stereocenters. The van der Waals surface area contributed by atoms with Gasteiger partial charge in [0.25, 0.3) is 0 Å². The van der Waals surface area contributed by atoms with Crippen LogP contribution in [-0.4, -0.2) is 50.1 Å². The first-order valence-corrected chi connectivity index (χ1v) is 13.3. The Morgan fingerprint density at radius 1 is 1.15 bits per heavy atom. The highest BCUT2D eigenvalue weighted by Crippen LogP contribution is 2.47. The predicted molar refractivity (Wildman–Crippen MR) is 140 cm³/mol. The fraction of sp³-hybridized carbons (Fsp3) is 0.414. The van der Waals surface area contributed by atoms with Crippen molar-refractivity contribution < 1.29 is 27.8 Å². The van der Waals surface area contributed by atoms with E-state index in [4.69, 9.17) is 14.8 Å². The van der Waals surface area contributed by atoms with Crippen LogP contribution < -0.4 is 4.74 Å². The summed E-state index contributed by atoms with van der Waals surface area (Å²) in [5.41, 5.74) is 3.37. The summed E-state index contributed by atoms with van der Waals surface area (Å²) in [6, 6.07) is 11.6. The summed E-state index contributed by atoms with van der Waals surface area (Å²) in [7, 11) is 1.79. The molecular formula is C29H28F3N5O3. The molecule has 1 saturated heterocycles. The molecule has 208 valence electrons. The zero-order chi connectivity index (χ0) is 28.0. The molecule has 1 N–H and O–H groups in total. The number of hydrogen-bond acceptors (Lipinski definition) is 6. The molecule has 6 rings (SSSR count). The molecule has 3 heterocycles. The van der Waals surface area contributed by atoms with Crippen molar-refractivity contribution in [2.75, 3.05) is 13.2 Å². The van der Waals surface area contributed by atoms with Gasteiger partial charge in [0.1, 0.15) is 11.6 Å². The summed E-state index contributed by atoms with van der Waals surface area (Å²) in [4.78, 5) is 4.88. The monoisotopic (exact) mass is 551 g/mol. The minimum atomic E-state index is -4.93. The van der Waals surface area contributed by atoms with Gasteiger partial charge in [0, 0.05) is 49.0 Å². The van der Waals surface area contributed by atoms with Gasteiger partial charge >= 0.3 is 6.36 Å². The standard InChI is InChI=1S/C29H28F3N5O3/c1-36-27(19-6-7-19)26(34-28(36)21-8-5-17(14-33)13-25(21)40-29(30,31)32)20-3-2-4-23-22(20)15-37(35-23)16-24(38)18-9-11-39-12-10-18/h2-5,8,13,15,18-19,24,38H,6-7,9-12,16H2,1H3/t24-/m0/s1. The van der Waals surface area contributed by atoms with Gasteiger partial charge in [-0.05, 0) is 55.9 Å². The van der Waals surface area contributed by atoms with Gasteiger partial charge in [-0.1, -0.05) is 12.1 Å². The highest BCUT2D eigenvalue weighted by Gasteiger charge is 2.36. The number of nitrogens with zero attached hydrogens (tertiary/aromatic N) is 5. The number of imidazole rings is 1. The van der Waals surface area contributed by atoms with E-state index in [1.54, 1.807) is 11.7 Å². The molecular weight excluding hydrogens is 523 g/mol. The van der Waals surface area contributed by atoms with Gasteiger partial charge in [0.2, 0.25) is 0 Å². The Morgan fingerprint density at radius 2 is 1.93 bits per heavy atom. The molecule has 8 nitrogen and oxygen atoms in total. The molecule has 11 heteroatoms.